The highest BCUT2D eigenvalue weighted by Crippen LogP contribution is 2.09. The summed E-state index contributed by atoms with van der Waals surface area (Å²) in [6.07, 6.45) is 3.88. The number of carbonyl (C=O) groups is 2. The van der Waals surface area contributed by atoms with Gasteiger partial charge in [0.15, 0.2) is 0 Å². The summed E-state index contributed by atoms with van der Waals surface area (Å²) in [5.74, 6) is 0.687. The van der Waals surface area contributed by atoms with E-state index in [2.05, 4.69) is 16.0 Å². The summed E-state index contributed by atoms with van der Waals surface area (Å²) in [5.41, 5.74) is -0.570. The highest BCUT2D eigenvalue weighted by atomic mass is 32.2. The Bertz CT molecular complexity index is 366. The molecule has 1 rings (SSSR count). The standard InChI is InChI=1S/C15H29N3O3S/c1-15(2,3)21-14(20)18-12(7-10-22-4)13(19)17-11-5-8-16-9-6-11/h11-12,16H,5-10H2,1-4H3,(H,17,19)(H,18,20). The Labute approximate surface area is 137 Å². The minimum Gasteiger partial charge on any atom is -0.444 e. The van der Waals surface area contributed by atoms with Crippen molar-refractivity contribution in [2.75, 3.05) is 25.1 Å². The highest BCUT2D eigenvalue weighted by molar-refractivity contribution is 7.98. The summed E-state index contributed by atoms with van der Waals surface area (Å²) < 4.78 is 5.24. The summed E-state index contributed by atoms with van der Waals surface area (Å²) in [6, 6.07) is -0.358. The van der Waals surface area contributed by atoms with Gasteiger partial charge in [0.2, 0.25) is 5.91 Å². The van der Waals surface area contributed by atoms with Crippen molar-refractivity contribution in [1.82, 2.24) is 16.0 Å². The van der Waals surface area contributed by atoms with Crippen molar-refractivity contribution in [3.63, 3.8) is 0 Å². The van der Waals surface area contributed by atoms with E-state index in [4.69, 9.17) is 4.74 Å². The second kappa shape index (κ2) is 9.25. The average molecular weight is 331 g/mol. The normalized spacial score (nSPS) is 17.6. The van der Waals surface area contributed by atoms with Crippen LogP contribution in [-0.2, 0) is 9.53 Å². The molecule has 3 N–H and O–H groups in total. The number of nitrogens with one attached hydrogen (secondary N) is 3. The van der Waals surface area contributed by atoms with E-state index in [1.54, 1.807) is 32.5 Å². The topological polar surface area (TPSA) is 79.5 Å². The molecular formula is C15H29N3O3S. The first-order valence-corrected chi connectivity index (χ1v) is 9.21. The first-order chi connectivity index (χ1) is 10.3. The number of alkyl carbamates (subject to hydrolysis) is 1. The summed E-state index contributed by atoms with van der Waals surface area (Å²) in [7, 11) is 0. The first kappa shape index (κ1) is 19.1. The zero-order chi connectivity index (χ0) is 16.6. The third-order valence-electron chi connectivity index (χ3n) is 3.30. The van der Waals surface area contributed by atoms with Crippen LogP contribution >= 0.6 is 11.8 Å². The van der Waals surface area contributed by atoms with E-state index in [1.807, 2.05) is 6.26 Å². The molecule has 22 heavy (non-hydrogen) atoms. The van der Waals surface area contributed by atoms with Gasteiger partial charge in [-0.05, 0) is 65.1 Å². The molecule has 1 aliphatic heterocycles. The number of ether oxygens (including phenoxy) is 1. The Morgan fingerprint density at radius 1 is 1.32 bits per heavy atom. The Morgan fingerprint density at radius 3 is 2.50 bits per heavy atom. The molecule has 0 aromatic carbocycles. The molecule has 0 radical (unpaired) electrons. The monoisotopic (exact) mass is 331 g/mol. The van der Waals surface area contributed by atoms with E-state index in [-0.39, 0.29) is 11.9 Å². The third kappa shape index (κ3) is 7.89. The summed E-state index contributed by atoms with van der Waals surface area (Å²) in [4.78, 5) is 24.3. The summed E-state index contributed by atoms with van der Waals surface area (Å²) in [5, 5.41) is 9.00. The SMILES string of the molecule is CSCCC(NC(=O)OC(C)(C)C)C(=O)NC1CCNCC1. The Hall–Kier alpha value is -0.950. The number of rotatable bonds is 6. The third-order valence-corrected chi connectivity index (χ3v) is 3.95. The Kier molecular flexibility index (Phi) is 8.03. The quantitative estimate of drug-likeness (QED) is 0.687. The molecule has 0 aliphatic carbocycles. The van der Waals surface area contributed by atoms with Crippen molar-refractivity contribution in [3.8, 4) is 0 Å². The van der Waals surface area contributed by atoms with E-state index in [9.17, 15) is 9.59 Å². The van der Waals surface area contributed by atoms with Crippen LogP contribution in [0, 0.1) is 0 Å². The van der Waals surface area contributed by atoms with E-state index >= 15 is 0 Å². The zero-order valence-corrected chi connectivity index (χ0v) is 14.8. The van der Waals surface area contributed by atoms with Crippen molar-refractivity contribution < 1.29 is 14.3 Å². The molecule has 1 heterocycles. The van der Waals surface area contributed by atoms with Gasteiger partial charge in [-0.25, -0.2) is 4.79 Å². The van der Waals surface area contributed by atoms with E-state index < -0.39 is 17.7 Å². The number of thioether (sulfide) groups is 1. The van der Waals surface area contributed by atoms with Crippen molar-refractivity contribution >= 4 is 23.8 Å². The number of amides is 2. The van der Waals surface area contributed by atoms with Gasteiger partial charge in [0.25, 0.3) is 0 Å². The molecular weight excluding hydrogens is 302 g/mol. The van der Waals surface area contributed by atoms with Gasteiger partial charge in [-0.1, -0.05) is 0 Å². The molecule has 0 aromatic heterocycles. The Morgan fingerprint density at radius 2 is 1.95 bits per heavy atom. The van der Waals surface area contributed by atoms with Crippen LogP contribution in [0.1, 0.15) is 40.0 Å². The van der Waals surface area contributed by atoms with E-state index in [1.165, 1.54) is 0 Å². The predicted molar refractivity (Wildman–Crippen MR) is 90.2 cm³/mol. The van der Waals surface area contributed by atoms with Gasteiger partial charge in [-0.2, -0.15) is 11.8 Å². The maximum Gasteiger partial charge on any atom is 0.408 e. The molecule has 1 unspecified atom stereocenters. The summed E-state index contributed by atoms with van der Waals surface area (Å²) in [6.45, 7) is 7.25. The molecule has 128 valence electrons. The lowest BCUT2D eigenvalue weighted by Gasteiger charge is -2.27. The minimum absolute atomic E-state index is 0.119. The van der Waals surface area contributed by atoms with Crippen LogP contribution in [0.2, 0.25) is 0 Å². The van der Waals surface area contributed by atoms with E-state index in [0.717, 1.165) is 31.7 Å². The molecule has 1 aliphatic rings. The van der Waals surface area contributed by atoms with Gasteiger partial charge in [-0.3, -0.25) is 4.79 Å². The van der Waals surface area contributed by atoms with Crippen molar-refractivity contribution in [2.24, 2.45) is 0 Å². The molecule has 0 spiro atoms. The number of hydrogen-bond donors (Lipinski definition) is 3. The maximum atomic E-state index is 12.4. The van der Waals surface area contributed by atoms with Crippen molar-refractivity contribution in [1.29, 1.82) is 0 Å². The van der Waals surface area contributed by atoms with Gasteiger partial charge in [-0.15, -0.1) is 0 Å². The van der Waals surface area contributed by atoms with Crippen LogP contribution in [0.25, 0.3) is 0 Å². The molecule has 7 heteroatoms. The van der Waals surface area contributed by atoms with Crippen molar-refractivity contribution in [3.05, 3.63) is 0 Å². The summed E-state index contributed by atoms with van der Waals surface area (Å²) >= 11 is 1.65. The minimum atomic E-state index is -0.570. The number of piperidine rings is 1. The molecule has 1 saturated heterocycles. The first-order valence-electron chi connectivity index (χ1n) is 7.81. The molecule has 1 fully saturated rings. The zero-order valence-electron chi connectivity index (χ0n) is 14.0. The lowest BCUT2D eigenvalue weighted by Crippen LogP contribution is -2.52. The molecule has 1 atom stereocenters. The molecule has 0 aromatic rings. The fourth-order valence-corrected chi connectivity index (χ4v) is 2.69. The number of hydrogen-bond acceptors (Lipinski definition) is 5. The maximum absolute atomic E-state index is 12.4. The smallest absolute Gasteiger partial charge is 0.408 e. The van der Waals surface area contributed by atoms with Gasteiger partial charge >= 0.3 is 6.09 Å². The van der Waals surface area contributed by atoms with Crippen LogP contribution in [0.15, 0.2) is 0 Å². The average Bonchev–Trinajstić information content (AvgIpc) is 2.42. The Balaban J connectivity index is 2.53. The van der Waals surface area contributed by atoms with Crippen LogP contribution in [0.3, 0.4) is 0 Å². The highest BCUT2D eigenvalue weighted by Gasteiger charge is 2.26. The van der Waals surface area contributed by atoms with Gasteiger partial charge in [0.05, 0.1) is 0 Å². The molecule has 0 bridgehead atoms. The van der Waals surface area contributed by atoms with Crippen molar-refractivity contribution in [2.45, 2.75) is 57.7 Å². The lowest BCUT2D eigenvalue weighted by molar-refractivity contribution is -0.124. The van der Waals surface area contributed by atoms with E-state index in [0.29, 0.717) is 6.42 Å². The second-order valence-corrected chi connectivity index (χ2v) is 7.50. The predicted octanol–water partition coefficient (Wildman–Crippen LogP) is 1.50. The second-order valence-electron chi connectivity index (χ2n) is 6.51. The fourth-order valence-electron chi connectivity index (χ4n) is 2.22. The van der Waals surface area contributed by atoms with Crippen LogP contribution in [0.5, 0.6) is 0 Å². The largest absolute Gasteiger partial charge is 0.444 e. The van der Waals surface area contributed by atoms with Crippen LogP contribution in [-0.4, -0.2) is 54.8 Å². The lowest BCUT2D eigenvalue weighted by atomic mass is 10.1. The molecule has 2 amide bonds. The fraction of sp³-hybridized carbons (Fsp3) is 0.867. The van der Waals surface area contributed by atoms with Gasteiger partial charge in [0, 0.05) is 6.04 Å². The van der Waals surface area contributed by atoms with Gasteiger partial charge < -0.3 is 20.7 Å². The number of carbonyl (C=O) groups excluding carboxylic acids is 2. The molecule has 0 saturated carbocycles. The molecule has 6 nitrogen and oxygen atoms in total. The van der Waals surface area contributed by atoms with Crippen LogP contribution < -0.4 is 16.0 Å². The van der Waals surface area contributed by atoms with Crippen LogP contribution in [0.4, 0.5) is 4.79 Å². The van der Waals surface area contributed by atoms with Gasteiger partial charge in [0.1, 0.15) is 11.6 Å².